The molecule has 5 heteroatoms. The number of hydrogen-bond acceptors (Lipinski definition) is 5. The summed E-state index contributed by atoms with van der Waals surface area (Å²) in [7, 11) is 0. The minimum absolute atomic E-state index is 0.261. The van der Waals surface area contributed by atoms with Crippen molar-refractivity contribution in [2.24, 2.45) is 0 Å². The van der Waals surface area contributed by atoms with E-state index in [0.29, 0.717) is 0 Å². The van der Waals surface area contributed by atoms with E-state index < -0.39 is 0 Å². The molecule has 0 unspecified atom stereocenters. The molecule has 2 aromatic heterocycles. The molecule has 0 amide bonds. The third-order valence-electron chi connectivity index (χ3n) is 3.67. The summed E-state index contributed by atoms with van der Waals surface area (Å²) in [6.45, 7) is 5.24. The molecule has 1 N–H and O–H groups in total. The van der Waals surface area contributed by atoms with Gasteiger partial charge in [-0.3, -0.25) is 4.90 Å². The van der Waals surface area contributed by atoms with Crippen LogP contribution in [-0.2, 0) is 0 Å². The van der Waals surface area contributed by atoms with Gasteiger partial charge in [0.2, 0.25) is 0 Å². The first-order valence-corrected chi connectivity index (χ1v) is 8.94. The SMILES string of the molecule is OCCN1CCN(c2ccc(/C=C/c3cccs3)s2)CC1. The van der Waals surface area contributed by atoms with Crippen molar-refractivity contribution in [2.75, 3.05) is 44.2 Å². The van der Waals surface area contributed by atoms with Crippen molar-refractivity contribution in [3.05, 3.63) is 39.4 Å². The summed E-state index contributed by atoms with van der Waals surface area (Å²) in [4.78, 5) is 7.36. The smallest absolute Gasteiger partial charge is 0.0915 e. The Kier molecular flexibility index (Phi) is 5.08. The van der Waals surface area contributed by atoms with Gasteiger partial charge in [0.1, 0.15) is 0 Å². The second kappa shape index (κ2) is 7.22. The van der Waals surface area contributed by atoms with E-state index in [1.165, 1.54) is 14.8 Å². The van der Waals surface area contributed by atoms with Crippen LogP contribution in [0.3, 0.4) is 0 Å². The number of anilines is 1. The van der Waals surface area contributed by atoms with Crippen molar-refractivity contribution in [1.29, 1.82) is 0 Å². The lowest BCUT2D eigenvalue weighted by Gasteiger charge is -2.34. The third-order valence-corrected chi connectivity index (χ3v) is 5.62. The van der Waals surface area contributed by atoms with Crippen molar-refractivity contribution in [1.82, 2.24) is 4.90 Å². The molecule has 21 heavy (non-hydrogen) atoms. The minimum atomic E-state index is 0.261. The molecule has 1 fully saturated rings. The summed E-state index contributed by atoms with van der Waals surface area (Å²) >= 11 is 3.62. The van der Waals surface area contributed by atoms with Gasteiger partial charge in [0, 0.05) is 42.5 Å². The van der Waals surface area contributed by atoms with Gasteiger partial charge in [-0.1, -0.05) is 6.07 Å². The molecule has 0 aromatic carbocycles. The van der Waals surface area contributed by atoms with Gasteiger partial charge < -0.3 is 10.0 Å². The Morgan fingerprint density at radius 3 is 2.57 bits per heavy atom. The Hall–Kier alpha value is -1.14. The van der Waals surface area contributed by atoms with Crippen LogP contribution in [0.15, 0.2) is 29.6 Å². The number of piperazine rings is 1. The van der Waals surface area contributed by atoms with Gasteiger partial charge >= 0.3 is 0 Å². The highest BCUT2D eigenvalue weighted by Crippen LogP contribution is 2.28. The van der Waals surface area contributed by atoms with Crippen molar-refractivity contribution in [2.45, 2.75) is 0 Å². The number of rotatable bonds is 5. The van der Waals surface area contributed by atoms with E-state index in [1.54, 1.807) is 11.3 Å². The maximum absolute atomic E-state index is 8.98. The van der Waals surface area contributed by atoms with Gasteiger partial charge in [0.15, 0.2) is 0 Å². The zero-order chi connectivity index (χ0) is 14.5. The molecule has 0 spiro atoms. The molecule has 3 heterocycles. The second-order valence-electron chi connectivity index (χ2n) is 5.08. The van der Waals surface area contributed by atoms with Gasteiger partial charge in [-0.2, -0.15) is 0 Å². The molecule has 3 rings (SSSR count). The van der Waals surface area contributed by atoms with E-state index in [9.17, 15) is 0 Å². The average Bonchev–Trinajstić information content (AvgIpc) is 3.18. The zero-order valence-corrected chi connectivity index (χ0v) is 13.6. The Bertz CT molecular complexity index is 569. The quantitative estimate of drug-likeness (QED) is 0.917. The standard InChI is InChI=1S/C16H20N2OS2/c19-12-11-17-7-9-18(10-8-17)16-6-5-15(21-16)4-3-14-2-1-13-20-14/h1-6,13,19H,7-12H2/b4-3+. The van der Waals surface area contributed by atoms with E-state index in [4.69, 9.17) is 5.11 Å². The third kappa shape index (κ3) is 3.95. The molecule has 112 valence electrons. The summed E-state index contributed by atoms with van der Waals surface area (Å²) in [6, 6.07) is 8.64. The fourth-order valence-corrected chi connectivity index (χ4v) is 4.06. The Labute approximate surface area is 133 Å². The van der Waals surface area contributed by atoms with Crippen LogP contribution in [0.4, 0.5) is 5.00 Å². The van der Waals surface area contributed by atoms with Crippen LogP contribution in [0.25, 0.3) is 12.2 Å². The van der Waals surface area contributed by atoms with Gasteiger partial charge in [-0.25, -0.2) is 0 Å². The fraction of sp³-hybridized carbons (Fsp3) is 0.375. The highest BCUT2D eigenvalue weighted by molar-refractivity contribution is 7.17. The van der Waals surface area contributed by atoms with Crippen LogP contribution in [0.2, 0.25) is 0 Å². The van der Waals surface area contributed by atoms with Gasteiger partial charge in [0.25, 0.3) is 0 Å². The predicted molar refractivity (Wildman–Crippen MR) is 93.3 cm³/mol. The first-order valence-electron chi connectivity index (χ1n) is 7.25. The molecule has 3 nitrogen and oxygen atoms in total. The largest absolute Gasteiger partial charge is 0.395 e. The number of aliphatic hydroxyl groups is 1. The molecular weight excluding hydrogens is 300 g/mol. The van der Waals surface area contributed by atoms with Crippen molar-refractivity contribution < 1.29 is 5.11 Å². The monoisotopic (exact) mass is 320 g/mol. The number of β-amino-alcohol motifs (C(OH)–C–C–N with tert-alkyl or cyclic N) is 1. The second-order valence-corrected chi connectivity index (χ2v) is 7.15. The predicted octanol–water partition coefficient (Wildman–Crippen LogP) is 3.09. The molecule has 1 aliphatic rings. The fourth-order valence-electron chi connectivity index (χ4n) is 2.49. The van der Waals surface area contributed by atoms with E-state index in [0.717, 1.165) is 32.7 Å². The zero-order valence-electron chi connectivity index (χ0n) is 11.9. The van der Waals surface area contributed by atoms with E-state index in [1.807, 2.05) is 11.3 Å². The molecule has 1 saturated heterocycles. The van der Waals surface area contributed by atoms with Crippen LogP contribution in [0, 0.1) is 0 Å². The number of hydrogen-bond donors (Lipinski definition) is 1. The summed E-state index contributed by atoms with van der Waals surface area (Å²) in [6.07, 6.45) is 4.38. The van der Waals surface area contributed by atoms with Gasteiger partial charge in [0.05, 0.1) is 11.6 Å². The number of nitrogens with zero attached hydrogens (tertiary/aromatic N) is 2. The number of thiophene rings is 2. The summed E-state index contributed by atoms with van der Waals surface area (Å²) < 4.78 is 0. The molecule has 1 aliphatic heterocycles. The summed E-state index contributed by atoms with van der Waals surface area (Å²) in [5, 5.41) is 12.4. The van der Waals surface area contributed by atoms with Crippen LogP contribution >= 0.6 is 22.7 Å². The van der Waals surface area contributed by atoms with Crippen molar-refractivity contribution >= 4 is 39.8 Å². The Morgan fingerprint density at radius 2 is 1.86 bits per heavy atom. The Morgan fingerprint density at radius 1 is 1.05 bits per heavy atom. The van der Waals surface area contributed by atoms with Crippen molar-refractivity contribution in [3.63, 3.8) is 0 Å². The van der Waals surface area contributed by atoms with E-state index >= 15 is 0 Å². The van der Waals surface area contributed by atoms with Crippen LogP contribution in [0.1, 0.15) is 9.75 Å². The molecular formula is C16H20N2OS2. The average molecular weight is 320 g/mol. The highest BCUT2D eigenvalue weighted by Gasteiger charge is 2.17. The molecule has 0 aliphatic carbocycles. The maximum Gasteiger partial charge on any atom is 0.0915 e. The molecule has 0 radical (unpaired) electrons. The van der Waals surface area contributed by atoms with Gasteiger partial charge in [-0.15, -0.1) is 22.7 Å². The molecule has 0 atom stereocenters. The van der Waals surface area contributed by atoms with Crippen LogP contribution < -0.4 is 4.90 Å². The van der Waals surface area contributed by atoms with Crippen LogP contribution in [-0.4, -0.2) is 49.3 Å². The minimum Gasteiger partial charge on any atom is -0.395 e. The lowest BCUT2D eigenvalue weighted by molar-refractivity contribution is 0.189. The van der Waals surface area contributed by atoms with Crippen molar-refractivity contribution in [3.8, 4) is 0 Å². The summed E-state index contributed by atoms with van der Waals surface area (Å²) in [5.41, 5.74) is 0. The molecule has 0 saturated carbocycles. The summed E-state index contributed by atoms with van der Waals surface area (Å²) in [5.74, 6) is 0. The lowest BCUT2D eigenvalue weighted by atomic mass is 10.3. The topological polar surface area (TPSA) is 26.7 Å². The van der Waals surface area contributed by atoms with Crippen LogP contribution in [0.5, 0.6) is 0 Å². The Balaban J connectivity index is 1.58. The number of aliphatic hydroxyl groups excluding tert-OH is 1. The highest BCUT2D eigenvalue weighted by atomic mass is 32.1. The van der Waals surface area contributed by atoms with Gasteiger partial charge in [-0.05, 0) is 35.7 Å². The maximum atomic E-state index is 8.98. The first-order chi connectivity index (χ1) is 10.3. The normalized spacial score (nSPS) is 16.9. The lowest BCUT2D eigenvalue weighted by Crippen LogP contribution is -2.46. The molecule has 0 bridgehead atoms. The van der Waals surface area contributed by atoms with E-state index in [2.05, 4.69) is 51.6 Å². The first kappa shape index (κ1) is 14.8. The molecule has 2 aromatic rings. The van der Waals surface area contributed by atoms with E-state index in [-0.39, 0.29) is 6.61 Å².